The van der Waals surface area contributed by atoms with Crippen molar-refractivity contribution in [3.63, 3.8) is 0 Å². The van der Waals surface area contributed by atoms with Crippen molar-refractivity contribution in [2.45, 2.75) is 6.18 Å². The van der Waals surface area contributed by atoms with E-state index in [0.717, 1.165) is 18.3 Å². The van der Waals surface area contributed by atoms with Gasteiger partial charge >= 0.3 is 6.18 Å². The van der Waals surface area contributed by atoms with Gasteiger partial charge in [-0.3, -0.25) is 4.79 Å². The Labute approximate surface area is 171 Å². The first-order chi connectivity index (χ1) is 14.2. The van der Waals surface area contributed by atoms with E-state index in [9.17, 15) is 22.4 Å². The molecule has 0 saturated heterocycles. The third kappa shape index (κ3) is 3.71. The lowest BCUT2D eigenvalue weighted by Crippen LogP contribution is -2.16. The molecule has 0 aliphatic heterocycles. The molecule has 4 rings (SSSR count). The highest BCUT2D eigenvalue weighted by Crippen LogP contribution is 2.33. The molecule has 2 aromatic carbocycles. The number of aromatic nitrogens is 3. The predicted octanol–water partition coefficient (Wildman–Crippen LogP) is 5.46. The highest BCUT2D eigenvalue weighted by atomic mass is 35.5. The number of nitrogens with one attached hydrogen (secondary N) is 1. The fourth-order valence-electron chi connectivity index (χ4n) is 2.85. The molecule has 152 valence electrons. The van der Waals surface area contributed by atoms with Gasteiger partial charge in [0.2, 0.25) is 0 Å². The van der Waals surface area contributed by atoms with Gasteiger partial charge in [0.1, 0.15) is 11.4 Å². The molecule has 2 aromatic heterocycles. The number of benzene rings is 2. The van der Waals surface area contributed by atoms with Crippen LogP contribution in [0.2, 0.25) is 5.02 Å². The van der Waals surface area contributed by atoms with E-state index in [-0.39, 0.29) is 27.6 Å². The first-order valence-electron chi connectivity index (χ1n) is 8.52. The quantitative estimate of drug-likeness (QED) is 0.436. The number of halogens is 5. The monoisotopic (exact) mass is 434 g/mol. The summed E-state index contributed by atoms with van der Waals surface area (Å²) in [6.07, 6.45) is -3.75. The van der Waals surface area contributed by atoms with Gasteiger partial charge in [0.05, 0.1) is 16.9 Å². The summed E-state index contributed by atoms with van der Waals surface area (Å²) in [5, 5.41) is 5.97. The zero-order valence-corrected chi connectivity index (χ0v) is 15.7. The number of anilines is 1. The van der Waals surface area contributed by atoms with Crippen LogP contribution in [-0.2, 0) is 6.18 Å². The molecular formula is C20H11ClF4N4O. The summed E-state index contributed by atoms with van der Waals surface area (Å²) in [5.41, 5.74) is -1.01. The van der Waals surface area contributed by atoms with E-state index in [0.29, 0.717) is 10.1 Å². The van der Waals surface area contributed by atoms with Crippen molar-refractivity contribution in [3.05, 3.63) is 82.9 Å². The maximum atomic E-state index is 13.6. The molecule has 0 atom stereocenters. The summed E-state index contributed by atoms with van der Waals surface area (Å²) in [7, 11) is 0. The minimum absolute atomic E-state index is 0.0301. The van der Waals surface area contributed by atoms with Crippen LogP contribution in [0.5, 0.6) is 0 Å². The van der Waals surface area contributed by atoms with Gasteiger partial charge in [-0.05, 0) is 24.3 Å². The maximum Gasteiger partial charge on any atom is 0.433 e. The van der Waals surface area contributed by atoms with Gasteiger partial charge in [-0.2, -0.15) is 18.3 Å². The Morgan fingerprint density at radius 1 is 1.07 bits per heavy atom. The molecule has 30 heavy (non-hydrogen) atoms. The molecule has 5 nitrogen and oxygen atoms in total. The van der Waals surface area contributed by atoms with Crippen LogP contribution >= 0.6 is 11.6 Å². The standard InChI is InChI=1S/C20H11ClF4N4O/c21-14-7-6-12(8-15(14)22)27-19(30)13-10-26-29-17(20(23,24)25)9-16(28-18(13)29)11-4-2-1-3-5-11/h1-10H,(H,27,30). The minimum atomic E-state index is -4.73. The van der Waals surface area contributed by atoms with Gasteiger partial charge < -0.3 is 5.32 Å². The number of nitrogens with zero attached hydrogens (tertiary/aromatic N) is 3. The second-order valence-electron chi connectivity index (χ2n) is 6.27. The van der Waals surface area contributed by atoms with Crippen molar-refractivity contribution in [2.75, 3.05) is 5.32 Å². The number of carbonyl (C=O) groups excluding carboxylic acids is 1. The molecule has 0 bridgehead atoms. The Hall–Kier alpha value is -3.46. The zero-order chi connectivity index (χ0) is 21.5. The van der Waals surface area contributed by atoms with Crippen molar-refractivity contribution < 1.29 is 22.4 Å². The number of fused-ring (bicyclic) bond motifs is 1. The highest BCUT2D eigenvalue weighted by Gasteiger charge is 2.36. The number of amides is 1. The van der Waals surface area contributed by atoms with Crippen LogP contribution in [-0.4, -0.2) is 20.5 Å². The third-order valence-electron chi connectivity index (χ3n) is 4.25. The summed E-state index contributed by atoms with van der Waals surface area (Å²) in [6, 6.07) is 12.7. The third-order valence-corrected chi connectivity index (χ3v) is 4.56. The van der Waals surface area contributed by atoms with E-state index >= 15 is 0 Å². The van der Waals surface area contributed by atoms with Gasteiger partial charge in [-0.1, -0.05) is 41.9 Å². The maximum absolute atomic E-state index is 13.6. The van der Waals surface area contributed by atoms with Crippen LogP contribution in [0, 0.1) is 5.82 Å². The van der Waals surface area contributed by atoms with Crippen molar-refractivity contribution in [1.29, 1.82) is 0 Å². The molecule has 2 heterocycles. The molecular weight excluding hydrogens is 424 g/mol. The molecule has 10 heteroatoms. The second kappa shape index (κ2) is 7.42. The van der Waals surface area contributed by atoms with Crippen LogP contribution in [0.15, 0.2) is 60.8 Å². The number of hydrogen-bond donors (Lipinski definition) is 1. The van der Waals surface area contributed by atoms with E-state index in [2.05, 4.69) is 15.4 Å². The number of carbonyl (C=O) groups is 1. The van der Waals surface area contributed by atoms with E-state index in [4.69, 9.17) is 11.6 Å². The number of hydrogen-bond acceptors (Lipinski definition) is 3. The van der Waals surface area contributed by atoms with Gasteiger partial charge in [-0.15, -0.1) is 0 Å². The summed E-state index contributed by atoms with van der Waals surface area (Å²) in [5.74, 6) is -1.55. The van der Waals surface area contributed by atoms with Crippen LogP contribution < -0.4 is 5.32 Å². The van der Waals surface area contributed by atoms with Crippen molar-refractivity contribution in [3.8, 4) is 11.3 Å². The van der Waals surface area contributed by atoms with Crippen molar-refractivity contribution in [1.82, 2.24) is 14.6 Å². The normalized spacial score (nSPS) is 11.6. The molecule has 0 spiro atoms. The zero-order valence-electron chi connectivity index (χ0n) is 14.9. The lowest BCUT2D eigenvalue weighted by Gasteiger charge is -2.11. The largest absolute Gasteiger partial charge is 0.433 e. The van der Waals surface area contributed by atoms with Gasteiger partial charge in [0.25, 0.3) is 5.91 Å². The summed E-state index contributed by atoms with van der Waals surface area (Å²) in [4.78, 5) is 16.9. The molecule has 0 aliphatic carbocycles. The lowest BCUT2D eigenvalue weighted by atomic mass is 10.1. The average molecular weight is 435 g/mol. The highest BCUT2D eigenvalue weighted by molar-refractivity contribution is 6.30. The second-order valence-corrected chi connectivity index (χ2v) is 6.67. The molecule has 0 saturated carbocycles. The molecule has 0 radical (unpaired) electrons. The van der Waals surface area contributed by atoms with Crippen molar-refractivity contribution >= 4 is 28.8 Å². The number of alkyl halides is 3. The van der Waals surface area contributed by atoms with Crippen LogP contribution in [0.3, 0.4) is 0 Å². The van der Waals surface area contributed by atoms with Crippen LogP contribution in [0.25, 0.3) is 16.9 Å². The van der Waals surface area contributed by atoms with E-state index in [1.54, 1.807) is 30.3 Å². The predicted molar refractivity (Wildman–Crippen MR) is 103 cm³/mol. The Morgan fingerprint density at radius 2 is 1.80 bits per heavy atom. The van der Waals surface area contributed by atoms with E-state index in [1.807, 2.05) is 0 Å². The number of rotatable bonds is 3. The van der Waals surface area contributed by atoms with E-state index < -0.39 is 23.6 Å². The molecule has 0 aliphatic rings. The Balaban J connectivity index is 1.82. The van der Waals surface area contributed by atoms with Crippen molar-refractivity contribution in [2.24, 2.45) is 0 Å². The van der Waals surface area contributed by atoms with Crippen LogP contribution in [0.1, 0.15) is 16.1 Å². The van der Waals surface area contributed by atoms with Gasteiger partial charge in [0.15, 0.2) is 11.3 Å². The SMILES string of the molecule is O=C(Nc1ccc(Cl)c(F)c1)c1cnn2c(C(F)(F)F)cc(-c3ccccc3)nc12. The lowest BCUT2D eigenvalue weighted by molar-refractivity contribution is -0.142. The van der Waals surface area contributed by atoms with Gasteiger partial charge in [-0.25, -0.2) is 13.9 Å². The smallest absolute Gasteiger partial charge is 0.322 e. The Kier molecular flexibility index (Phi) is 4.90. The van der Waals surface area contributed by atoms with Crippen LogP contribution in [0.4, 0.5) is 23.2 Å². The molecule has 4 aromatic rings. The summed E-state index contributed by atoms with van der Waals surface area (Å²) >= 11 is 5.61. The Bertz CT molecular complexity index is 1260. The first kappa shape index (κ1) is 19.8. The molecule has 0 fully saturated rings. The molecule has 1 N–H and O–H groups in total. The minimum Gasteiger partial charge on any atom is -0.322 e. The first-order valence-corrected chi connectivity index (χ1v) is 8.89. The average Bonchev–Trinajstić information content (AvgIpc) is 3.14. The fourth-order valence-corrected chi connectivity index (χ4v) is 2.97. The molecule has 0 unspecified atom stereocenters. The fraction of sp³-hybridized carbons (Fsp3) is 0.0500. The Morgan fingerprint density at radius 3 is 2.47 bits per heavy atom. The van der Waals surface area contributed by atoms with E-state index in [1.165, 1.54) is 12.1 Å². The van der Waals surface area contributed by atoms with Gasteiger partial charge in [0, 0.05) is 11.3 Å². The summed E-state index contributed by atoms with van der Waals surface area (Å²) in [6.45, 7) is 0. The summed E-state index contributed by atoms with van der Waals surface area (Å²) < 4.78 is 55.0. The molecule has 1 amide bonds. The topological polar surface area (TPSA) is 59.3 Å².